The van der Waals surface area contributed by atoms with Crippen molar-refractivity contribution >= 4 is 50.9 Å². The van der Waals surface area contributed by atoms with Crippen molar-refractivity contribution in [3.8, 4) is 5.75 Å². The van der Waals surface area contributed by atoms with Crippen LogP contribution in [0.2, 0.25) is 5.02 Å². The number of aromatic nitrogens is 3. The summed E-state index contributed by atoms with van der Waals surface area (Å²) in [6.07, 6.45) is 1.77. The van der Waals surface area contributed by atoms with Gasteiger partial charge in [-0.1, -0.05) is 59.2 Å². The molecule has 3 rings (SSSR count). The fourth-order valence-electron chi connectivity index (χ4n) is 3.17. The van der Waals surface area contributed by atoms with E-state index < -0.39 is 0 Å². The Bertz CT molecular complexity index is 1150. The molecule has 9 heteroatoms. The van der Waals surface area contributed by atoms with Gasteiger partial charge in [0.1, 0.15) is 12.4 Å². The monoisotopic (exact) mass is 548 g/mol. The Morgan fingerprint density at radius 3 is 2.79 bits per heavy atom. The molecule has 1 amide bonds. The van der Waals surface area contributed by atoms with Gasteiger partial charge in [0, 0.05) is 21.7 Å². The Balaban J connectivity index is 1.67. The lowest BCUT2D eigenvalue weighted by Gasteiger charge is -2.15. The predicted octanol–water partition coefficient (Wildman–Crippen LogP) is 6.62. The molecule has 0 aliphatic rings. The first-order valence-electron chi connectivity index (χ1n) is 10.4. The number of hydrogen-bond acceptors (Lipinski definition) is 5. The van der Waals surface area contributed by atoms with E-state index in [4.69, 9.17) is 16.3 Å². The molecule has 0 aliphatic heterocycles. The average molecular weight is 550 g/mol. The number of ether oxygens (including phenoxy) is 1. The molecule has 0 bridgehead atoms. The topological polar surface area (TPSA) is 69.0 Å². The number of halogens is 2. The summed E-state index contributed by atoms with van der Waals surface area (Å²) < 4.78 is 9.01. The maximum Gasteiger partial charge on any atom is 0.234 e. The summed E-state index contributed by atoms with van der Waals surface area (Å²) in [7, 11) is 0. The van der Waals surface area contributed by atoms with Crippen molar-refractivity contribution < 1.29 is 9.53 Å². The van der Waals surface area contributed by atoms with Gasteiger partial charge in [-0.3, -0.25) is 9.36 Å². The number of carbonyl (C=O) groups excluding carboxylic acids is 1. The molecule has 33 heavy (non-hydrogen) atoms. The van der Waals surface area contributed by atoms with E-state index in [1.807, 2.05) is 29.7 Å². The van der Waals surface area contributed by atoms with Crippen LogP contribution in [0.3, 0.4) is 0 Å². The van der Waals surface area contributed by atoms with Crippen molar-refractivity contribution in [2.75, 3.05) is 11.1 Å². The fraction of sp³-hybridized carbons (Fsp3) is 0.292. The molecule has 0 saturated carbocycles. The smallest absolute Gasteiger partial charge is 0.234 e. The van der Waals surface area contributed by atoms with Gasteiger partial charge < -0.3 is 10.1 Å². The quantitative estimate of drug-likeness (QED) is 0.227. The van der Waals surface area contributed by atoms with Crippen LogP contribution in [0.5, 0.6) is 5.75 Å². The first kappa shape index (κ1) is 25.3. The molecule has 3 aromatic rings. The van der Waals surface area contributed by atoms with E-state index in [2.05, 4.69) is 57.9 Å². The van der Waals surface area contributed by atoms with E-state index in [9.17, 15) is 4.79 Å². The molecular formula is C24H26BrClN4O2S. The number of anilines is 1. The molecule has 0 unspecified atom stereocenters. The lowest BCUT2D eigenvalue weighted by Crippen LogP contribution is -2.15. The van der Waals surface area contributed by atoms with Gasteiger partial charge in [-0.2, -0.15) is 0 Å². The minimum Gasteiger partial charge on any atom is -0.485 e. The van der Waals surface area contributed by atoms with Gasteiger partial charge in [0.2, 0.25) is 5.91 Å². The van der Waals surface area contributed by atoms with Crippen LogP contribution in [-0.2, 0) is 17.9 Å². The van der Waals surface area contributed by atoms with Crippen LogP contribution < -0.4 is 10.1 Å². The molecule has 0 atom stereocenters. The zero-order valence-electron chi connectivity index (χ0n) is 18.8. The normalized spacial score (nSPS) is 11.0. The van der Waals surface area contributed by atoms with E-state index in [0.717, 1.165) is 27.0 Å². The highest BCUT2D eigenvalue weighted by atomic mass is 79.9. The van der Waals surface area contributed by atoms with Crippen LogP contribution >= 0.6 is 39.3 Å². The van der Waals surface area contributed by atoms with Gasteiger partial charge >= 0.3 is 0 Å². The Kier molecular flexibility index (Phi) is 9.00. The van der Waals surface area contributed by atoms with Gasteiger partial charge in [-0.05, 0) is 60.4 Å². The third-order valence-corrected chi connectivity index (χ3v) is 6.55. The number of rotatable bonds is 10. The van der Waals surface area contributed by atoms with Crippen LogP contribution in [0.1, 0.15) is 36.7 Å². The van der Waals surface area contributed by atoms with Crippen LogP contribution in [0.15, 0.2) is 58.7 Å². The van der Waals surface area contributed by atoms with E-state index in [1.54, 1.807) is 18.2 Å². The van der Waals surface area contributed by atoms with Crippen LogP contribution in [0.25, 0.3) is 0 Å². The zero-order chi connectivity index (χ0) is 24.0. The first-order valence-corrected chi connectivity index (χ1v) is 12.6. The number of carbonyl (C=O) groups is 1. The molecule has 0 fully saturated rings. The van der Waals surface area contributed by atoms with E-state index in [1.165, 1.54) is 11.8 Å². The average Bonchev–Trinajstić information content (AvgIpc) is 3.15. The van der Waals surface area contributed by atoms with Crippen LogP contribution in [-0.4, -0.2) is 26.4 Å². The molecule has 0 saturated heterocycles. The highest BCUT2D eigenvalue weighted by molar-refractivity contribution is 9.10. The summed E-state index contributed by atoms with van der Waals surface area (Å²) in [5, 5.41) is 12.7. The summed E-state index contributed by atoms with van der Waals surface area (Å²) in [6.45, 7) is 10.8. The molecule has 0 aliphatic carbocycles. The standard InChI is InChI=1S/C24H26BrClN4O2S/c1-5-10-30-22(13-32-21-9-6-17(25)12-19(21)15(2)3)28-29-24(30)33-14-23(31)27-20-8-7-18(26)11-16(20)4/h5-9,11-12,15H,1,10,13-14H2,2-4H3,(H,27,31). The van der Waals surface area contributed by atoms with Crippen molar-refractivity contribution in [1.82, 2.24) is 14.8 Å². The number of amides is 1. The fourth-order valence-corrected chi connectivity index (χ4v) is 4.55. The molecule has 1 aromatic heterocycles. The number of benzene rings is 2. The first-order chi connectivity index (χ1) is 15.8. The van der Waals surface area contributed by atoms with Crippen molar-refractivity contribution in [2.45, 2.75) is 45.0 Å². The molecule has 1 heterocycles. The molecule has 1 N–H and O–H groups in total. The Morgan fingerprint density at radius 2 is 2.09 bits per heavy atom. The van der Waals surface area contributed by atoms with Gasteiger partial charge in [0.15, 0.2) is 11.0 Å². The van der Waals surface area contributed by atoms with Crippen LogP contribution in [0, 0.1) is 6.92 Å². The lowest BCUT2D eigenvalue weighted by molar-refractivity contribution is -0.113. The molecule has 6 nitrogen and oxygen atoms in total. The second kappa shape index (κ2) is 11.7. The molecule has 174 valence electrons. The summed E-state index contributed by atoms with van der Waals surface area (Å²) >= 11 is 10.8. The Morgan fingerprint density at radius 1 is 1.30 bits per heavy atom. The lowest BCUT2D eigenvalue weighted by atomic mass is 10.0. The number of thioether (sulfide) groups is 1. The maximum atomic E-state index is 12.5. The van der Waals surface area contributed by atoms with Gasteiger partial charge in [-0.15, -0.1) is 16.8 Å². The van der Waals surface area contributed by atoms with E-state index in [-0.39, 0.29) is 18.3 Å². The largest absolute Gasteiger partial charge is 0.485 e. The van der Waals surface area contributed by atoms with Gasteiger partial charge in [0.25, 0.3) is 0 Å². The molecule has 0 spiro atoms. The summed E-state index contributed by atoms with van der Waals surface area (Å²) in [5.74, 6) is 1.87. The Labute approximate surface area is 211 Å². The van der Waals surface area contributed by atoms with Crippen LogP contribution in [0.4, 0.5) is 5.69 Å². The number of nitrogens with zero attached hydrogens (tertiary/aromatic N) is 3. The van der Waals surface area contributed by atoms with E-state index in [0.29, 0.717) is 28.5 Å². The predicted molar refractivity (Wildman–Crippen MR) is 138 cm³/mol. The minimum absolute atomic E-state index is 0.132. The highest BCUT2D eigenvalue weighted by Gasteiger charge is 2.16. The SMILES string of the molecule is C=CCn1c(COc2ccc(Br)cc2C(C)C)nnc1SCC(=O)Nc1ccc(Cl)cc1C. The van der Waals surface area contributed by atoms with Gasteiger partial charge in [-0.25, -0.2) is 0 Å². The second-order valence-corrected chi connectivity index (χ2v) is 10.0. The Hall–Kier alpha value is -2.29. The van der Waals surface area contributed by atoms with Gasteiger partial charge in [0.05, 0.1) is 5.75 Å². The van der Waals surface area contributed by atoms with Crippen molar-refractivity contribution in [2.24, 2.45) is 0 Å². The zero-order valence-corrected chi connectivity index (χ0v) is 21.9. The van der Waals surface area contributed by atoms with Crippen molar-refractivity contribution in [1.29, 1.82) is 0 Å². The maximum absolute atomic E-state index is 12.5. The number of hydrogen-bond donors (Lipinski definition) is 1. The third kappa shape index (κ3) is 6.85. The van der Waals surface area contributed by atoms with Crippen molar-refractivity contribution in [3.63, 3.8) is 0 Å². The van der Waals surface area contributed by atoms with Crippen molar-refractivity contribution in [3.05, 3.63) is 75.5 Å². The number of aryl methyl sites for hydroxylation is 1. The summed E-state index contributed by atoms with van der Waals surface area (Å²) in [5.41, 5.74) is 2.76. The van der Waals surface area contributed by atoms with E-state index >= 15 is 0 Å². The second-order valence-electron chi connectivity index (χ2n) is 7.72. The molecular weight excluding hydrogens is 524 g/mol. The summed E-state index contributed by atoms with van der Waals surface area (Å²) in [4.78, 5) is 12.5. The number of allylic oxidation sites excluding steroid dienone is 1. The third-order valence-electron chi connectivity index (χ3n) is 4.85. The molecule has 0 radical (unpaired) electrons. The number of nitrogens with one attached hydrogen (secondary N) is 1. The highest BCUT2D eigenvalue weighted by Crippen LogP contribution is 2.30. The molecule has 2 aromatic carbocycles. The summed E-state index contributed by atoms with van der Waals surface area (Å²) in [6, 6.07) is 11.3. The minimum atomic E-state index is -0.132.